The Morgan fingerprint density at radius 3 is 2.97 bits per heavy atom. The summed E-state index contributed by atoms with van der Waals surface area (Å²) >= 11 is 1.71. The van der Waals surface area contributed by atoms with E-state index in [4.69, 9.17) is 0 Å². The number of aromatic nitrogens is 3. The largest absolute Gasteiger partial charge is 0.324 e. The van der Waals surface area contributed by atoms with E-state index in [2.05, 4.69) is 27.0 Å². The number of benzene rings is 1. The number of fused-ring (bicyclic) bond motifs is 2. The highest BCUT2D eigenvalue weighted by Crippen LogP contribution is 2.47. The molecule has 4 heterocycles. The first-order valence-electron chi connectivity index (χ1n) is 10.8. The van der Waals surface area contributed by atoms with Crippen molar-refractivity contribution in [3.8, 4) is 11.4 Å². The van der Waals surface area contributed by atoms with Crippen LogP contribution in [0.2, 0.25) is 0 Å². The van der Waals surface area contributed by atoms with E-state index in [1.54, 1.807) is 16.7 Å². The van der Waals surface area contributed by atoms with Crippen LogP contribution in [0.4, 0.5) is 5.69 Å². The fourth-order valence-corrected chi connectivity index (χ4v) is 6.26. The molecular weight excluding hydrogens is 398 g/mol. The molecule has 2 fully saturated rings. The van der Waals surface area contributed by atoms with Crippen LogP contribution in [-0.2, 0) is 22.6 Å². The lowest BCUT2D eigenvalue weighted by molar-refractivity contribution is -0.135. The quantitative estimate of drug-likeness (QED) is 0.816. The molecule has 158 valence electrons. The molecule has 30 heavy (non-hydrogen) atoms. The van der Waals surface area contributed by atoms with Gasteiger partial charge in [-0.25, -0.2) is 0 Å². The number of aryl methyl sites for hydroxylation is 2. The van der Waals surface area contributed by atoms with E-state index in [0.29, 0.717) is 12.2 Å². The second kappa shape index (κ2) is 7.41. The monoisotopic (exact) mass is 425 g/mol. The minimum atomic E-state index is -0.414. The van der Waals surface area contributed by atoms with Gasteiger partial charge < -0.3 is 14.8 Å². The van der Waals surface area contributed by atoms with Gasteiger partial charge in [-0.3, -0.25) is 9.59 Å². The average Bonchev–Trinajstić information content (AvgIpc) is 3.31. The average molecular weight is 426 g/mol. The highest BCUT2D eigenvalue weighted by molar-refractivity contribution is 8.01. The van der Waals surface area contributed by atoms with Gasteiger partial charge in [0, 0.05) is 36.4 Å². The minimum absolute atomic E-state index is 0.0827. The van der Waals surface area contributed by atoms with Crippen molar-refractivity contribution in [3.63, 3.8) is 0 Å². The Kier molecular flexibility index (Phi) is 4.84. The molecule has 0 spiro atoms. The molecule has 3 aliphatic rings. The topological polar surface area (TPSA) is 80.1 Å². The Morgan fingerprint density at radius 2 is 2.10 bits per heavy atom. The van der Waals surface area contributed by atoms with Crippen LogP contribution in [0, 0.1) is 6.92 Å². The van der Waals surface area contributed by atoms with Gasteiger partial charge in [-0.2, -0.15) is 0 Å². The summed E-state index contributed by atoms with van der Waals surface area (Å²) in [6.07, 6.45) is 5.80. The third kappa shape index (κ3) is 3.21. The summed E-state index contributed by atoms with van der Waals surface area (Å²) in [6, 6.07) is 5.63. The van der Waals surface area contributed by atoms with E-state index in [-0.39, 0.29) is 16.7 Å². The van der Waals surface area contributed by atoms with E-state index in [1.165, 1.54) is 6.42 Å². The number of thioether (sulfide) groups is 1. The highest BCUT2D eigenvalue weighted by Gasteiger charge is 2.52. The Bertz CT molecular complexity index is 1020. The van der Waals surface area contributed by atoms with Gasteiger partial charge in [-0.05, 0) is 44.7 Å². The molecule has 0 radical (unpaired) electrons. The first-order chi connectivity index (χ1) is 14.5. The molecule has 3 aliphatic heterocycles. The molecule has 2 saturated heterocycles. The van der Waals surface area contributed by atoms with Crippen molar-refractivity contribution in [3.05, 3.63) is 29.6 Å². The van der Waals surface area contributed by atoms with Crippen molar-refractivity contribution in [2.75, 3.05) is 11.1 Å². The molecule has 5 rings (SSSR count). The number of nitrogens with zero attached hydrogens (tertiary/aromatic N) is 4. The van der Waals surface area contributed by atoms with Crippen LogP contribution in [0.25, 0.3) is 11.4 Å². The molecule has 2 amide bonds. The zero-order valence-electron chi connectivity index (χ0n) is 17.5. The summed E-state index contributed by atoms with van der Waals surface area (Å²) in [6.45, 7) is 4.99. The highest BCUT2D eigenvalue weighted by atomic mass is 32.2. The van der Waals surface area contributed by atoms with Crippen molar-refractivity contribution in [1.82, 2.24) is 19.7 Å². The summed E-state index contributed by atoms with van der Waals surface area (Å²) in [5.74, 6) is 2.52. The first-order valence-corrected chi connectivity index (χ1v) is 11.7. The molecule has 2 aromatic rings. The normalized spacial score (nSPS) is 25.7. The van der Waals surface area contributed by atoms with E-state index < -0.39 is 6.04 Å². The number of carbonyl (C=O) groups is 2. The Balaban J connectivity index is 1.41. The van der Waals surface area contributed by atoms with Crippen LogP contribution in [0.1, 0.15) is 50.4 Å². The number of amides is 2. The smallest absolute Gasteiger partial charge is 0.248 e. The van der Waals surface area contributed by atoms with Crippen LogP contribution < -0.4 is 5.32 Å². The van der Waals surface area contributed by atoms with Crippen LogP contribution in [0.5, 0.6) is 0 Å². The number of carbonyl (C=O) groups excluding carboxylic acids is 2. The molecule has 0 bridgehead atoms. The van der Waals surface area contributed by atoms with Crippen molar-refractivity contribution in [2.24, 2.45) is 0 Å². The Labute approximate surface area is 180 Å². The van der Waals surface area contributed by atoms with E-state index in [9.17, 15) is 9.59 Å². The van der Waals surface area contributed by atoms with Crippen molar-refractivity contribution < 1.29 is 9.59 Å². The summed E-state index contributed by atoms with van der Waals surface area (Å²) in [7, 11) is 0. The fraction of sp³-hybridized carbons (Fsp3) is 0.545. The number of rotatable bonds is 3. The van der Waals surface area contributed by atoms with Crippen LogP contribution >= 0.6 is 11.8 Å². The van der Waals surface area contributed by atoms with Crippen LogP contribution in [0.15, 0.2) is 18.2 Å². The molecule has 7 nitrogen and oxygen atoms in total. The van der Waals surface area contributed by atoms with Crippen molar-refractivity contribution in [2.45, 2.75) is 69.8 Å². The lowest BCUT2D eigenvalue weighted by Gasteiger charge is -2.30. The first kappa shape index (κ1) is 19.6. The van der Waals surface area contributed by atoms with Gasteiger partial charge in [0.15, 0.2) is 5.82 Å². The zero-order chi connectivity index (χ0) is 20.9. The van der Waals surface area contributed by atoms with E-state index >= 15 is 0 Å². The second-order valence-corrected chi connectivity index (χ2v) is 10.2. The van der Waals surface area contributed by atoms with Crippen LogP contribution in [0.3, 0.4) is 0 Å². The fourth-order valence-electron chi connectivity index (χ4n) is 4.83. The lowest BCUT2D eigenvalue weighted by atomic mass is 10.1. The van der Waals surface area contributed by atoms with Crippen molar-refractivity contribution in [1.29, 1.82) is 0 Å². The summed E-state index contributed by atoms with van der Waals surface area (Å²) < 4.78 is 2.21. The third-order valence-electron chi connectivity index (χ3n) is 6.61. The predicted octanol–water partition coefficient (Wildman–Crippen LogP) is 3.37. The predicted molar refractivity (Wildman–Crippen MR) is 117 cm³/mol. The van der Waals surface area contributed by atoms with E-state index in [1.807, 2.05) is 25.1 Å². The standard InChI is InChI=1S/C22H27N5O2S/c1-14-7-8-15(20-25-24-18-6-4-3-5-11-26(18)20)12-16(14)23-21(29)17-13-30-22(2)10-9-19(28)27(17)22/h7-8,12,17H,3-6,9-11,13H2,1-2H3,(H,23,29)/t17-,22-/m0/s1. The summed E-state index contributed by atoms with van der Waals surface area (Å²) in [5.41, 5.74) is 2.72. The molecule has 8 heteroatoms. The molecule has 2 atom stereocenters. The summed E-state index contributed by atoms with van der Waals surface area (Å²) in [5, 5.41) is 11.9. The lowest BCUT2D eigenvalue weighted by Crippen LogP contribution is -2.48. The van der Waals surface area contributed by atoms with Gasteiger partial charge in [-0.15, -0.1) is 22.0 Å². The number of anilines is 1. The number of hydrogen-bond acceptors (Lipinski definition) is 5. The maximum absolute atomic E-state index is 13.1. The Hall–Kier alpha value is -2.35. The maximum Gasteiger partial charge on any atom is 0.248 e. The van der Waals surface area contributed by atoms with Gasteiger partial charge in [0.2, 0.25) is 11.8 Å². The van der Waals surface area contributed by atoms with Crippen molar-refractivity contribution >= 4 is 29.3 Å². The molecule has 1 aromatic heterocycles. The van der Waals surface area contributed by atoms with Gasteiger partial charge in [-0.1, -0.05) is 18.6 Å². The summed E-state index contributed by atoms with van der Waals surface area (Å²) in [4.78, 5) is 27.1. The third-order valence-corrected chi connectivity index (χ3v) is 8.12. The molecular formula is C22H27N5O2S. The molecule has 1 aromatic carbocycles. The number of hydrogen-bond donors (Lipinski definition) is 1. The molecule has 1 N–H and O–H groups in total. The van der Waals surface area contributed by atoms with Gasteiger partial charge in [0.25, 0.3) is 0 Å². The molecule has 0 unspecified atom stereocenters. The number of nitrogens with one attached hydrogen (secondary N) is 1. The van der Waals surface area contributed by atoms with E-state index in [0.717, 1.165) is 60.7 Å². The minimum Gasteiger partial charge on any atom is -0.324 e. The zero-order valence-corrected chi connectivity index (χ0v) is 18.3. The van der Waals surface area contributed by atoms with Gasteiger partial charge in [0.1, 0.15) is 11.9 Å². The molecule has 0 aliphatic carbocycles. The Morgan fingerprint density at radius 1 is 1.23 bits per heavy atom. The maximum atomic E-state index is 13.1. The van der Waals surface area contributed by atoms with Crippen LogP contribution in [-0.4, -0.2) is 48.1 Å². The second-order valence-electron chi connectivity index (χ2n) is 8.69. The SMILES string of the molecule is Cc1ccc(-c2nnc3n2CCCCC3)cc1NC(=O)[C@@H]1CS[C@@]2(C)CCC(=O)N12. The van der Waals surface area contributed by atoms with Gasteiger partial charge in [0.05, 0.1) is 4.87 Å². The molecule has 0 saturated carbocycles. The van der Waals surface area contributed by atoms with Gasteiger partial charge >= 0.3 is 0 Å².